The summed E-state index contributed by atoms with van der Waals surface area (Å²) in [6.45, 7) is 3.89. The van der Waals surface area contributed by atoms with Crippen molar-refractivity contribution in [3.05, 3.63) is 29.8 Å². The van der Waals surface area contributed by atoms with E-state index in [4.69, 9.17) is 4.74 Å². The first-order valence-corrected chi connectivity index (χ1v) is 8.07. The maximum atomic E-state index is 12.0. The number of urea groups is 1. The number of rotatable bonds is 7. The number of likely N-dealkylation sites (tertiary alicyclic amines) is 1. The van der Waals surface area contributed by atoms with Crippen molar-refractivity contribution < 1.29 is 14.3 Å². The summed E-state index contributed by atoms with van der Waals surface area (Å²) < 4.78 is 5.13. The molecule has 0 aromatic heterocycles. The monoisotopic (exact) mass is 319 g/mol. The third kappa shape index (κ3) is 5.16. The Morgan fingerprint density at radius 1 is 1.35 bits per heavy atom. The summed E-state index contributed by atoms with van der Waals surface area (Å²) in [4.78, 5) is 25.5. The van der Waals surface area contributed by atoms with Gasteiger partial charge in [0, 0.05) is 26.1 Å². The highest BCUT2D eigenvalue weighted by Crippen LogP contribution is 2.15. The number of methoxy groups -OCH3 is 1. The summed E-state index contributed by atoms with van der Waals surface area (Å²) in [5.41, 5.74) is 1.16. The Hall–Kier alpha value is -2.24. The van der Waals surface area contributed by atoms with Gasteiger partial charge in [-0.1, -0.05) is 19.1 Å². The van der Waals surface area contributed by atoms with E-state index in [1.54, 1.807) is 7.11 Å². The van der Waals surface area contributed by atoms with Crippen LogP contribution in [-0.2, 0) is 11.2 Å². The van der Waals surface area contributed by atoms with Gasteiger partial charge in [-0.25, -0.2) is 4.79 Å². The molecule has 1 aromatic carbocycles. The van der Waals surface area contributed by atoms with Crippen molar-refractivity contribution >= 4 is 11.9 Å². The van der Waals surface area contributed by atoms with Gasteiger partial charge in [-0.3, -0.25) is 4.79 Å². The fourth-order valence-corrected chi connectivity index (χ4v) is 2.62. The lowest BCUT2D eigenvalue weighted by atomic mass is 10.1. The molecule has 1 saturated heterocycles. The van der Waals surface area contributed by atoms with Gasteiger partial charge in [0.15, 0.2) is 0 Å². The molecule has 23 heavy (non-hydrogen) atoms. The van der Waals surface area contributed by atoms with Gasteiger partial charge in [-0.15, -0.1) is 0 Å². The highest BCUT2D eigenvalue weighted by Gasteiger charge is 2.30. The standard InChI is InChI=1S/C17H25N3O3/c1-3-9-18-17(22)19-14-11-16(21)20(12-14)10-8-13-4-6-15(23-2)7-5-13/h4-7,14H,3,8-12H2,1-2H3,(H2,18,19,22)/t14-/m0/s1. The Bertz CT molecular complexity index is 530. The summed E-state index contributed by atoms with van der Waals surface area (Å²) in [7, 11) is 1.64. The van der Waals surface area contributed by atoms with Crippen molar-refractivity contribution in [1.29, 1.82) is 0 Å². The van der Waals surface area contributed by atoms with Crippen molar-refractivity contribution in [2.45, 2.75) is 32.2 Å². The van der Waals surface area contributed by atoms with E-state index in [0.29, 0.717) is 26.1 Å². The summed E-state index contributed by atoms with van der Waals surface area (Å²) in [5.74, 6) is 0.924. The van der Waals surface area contributed by atoms with E-state index in [9.17, 15) is 9.59 Å². The number of benzene rings is 1. The van der Waals surface area contributed by atoms with Gasteiger partial charge in [0.1, 0.15) is 5.75 Å². The molecule has 1 aliphatic heterocycles. The van der Waals surface area contributed by atoms with Gasteiger partial charge >= 0.3 is 6.03 Å². The van der Waals surface area contributed by atoms with Gasteiger partial charge in [0.05, 0.1) is 13.2 Å². The number of carbonyl (C=O) groups is 2. The zero-order valence-electron chi connectivity index (χ0n) is 13.8. The molecule has 2 rings (SSSR count). The Morgan fingerprint density at radius 3 is 2.74 bits per heavy atom. The number of ether oxygens (including phenoxy) is 1. The lowest BCUT2D eigenvalue weighted by molar-refractivity contribution is -0.127. The number of hydrogen-bond acceptors (Lipinski definition) is 3. The molecule has 126 valence electrons. The summed E-state index contributed by atoms with van der Waals surface area (Å²) in [6.07, 6.45) is 2.07. The van der Waals surface area contributed by atoms with Crippen LogP contribution in [0.5, 0.6) is 5.75 Å². The molecule has 3 amide bonds. The number of hydrogen-bond donors (Lipinski definition) is 2. The van der Waals surface area contributed by atoms with E-state index in [-0.39, 0.29) is 18.0 Å². The molecule has 1 fully saturated rings. The molecule has 6 heteroatoms. The average Bonchev–Trinajstić information content (AvgIpc) is 2.90. The van der Waals surface area contributed by atoms with Crippen LogP contribution in [0, 0.1) is 0 Å². The van der Waals surface area contributed by atoms with Crippen molar-refractivity contribution in [2.75, 3.05) is 26.7 Å². The van der Waals surface area contributed by atoms with Crippen LogP contribution < -0.4 is 15.4 Å². The average molecular weight is 319 g/mol. The number of nitrogens with one attached hydrogen (secondary N) is 2. The molecule has 0 spiro atoms. The van der Waals surface area contributed by atoms with E-state index in [1.807, 2.05) is 36.1 Å². The molecule has 1 atom stereocenters. The Morgan fingerprint density at radius 2 is 2.09 bits per heavy atom. The first-order chi connectivity index (χ1) is 11.1. The van der Waals surface area contributed by atoms with Crippen molar-refractivity contribution in [1.82, 2.24) is 15.5 Å². The number of amides is 3. The molecular formula is C17H25N3O3. The predicted octanol–water partition coefficient (Wildman–Crippen LogP) is 1.55. The number of nitrogens with zero attached hydrogens (tertiary/aromatic N) is 1. The topological polar surface area (TPSA) is 70.7 Å². The molecule has 0 aliphatic carbocycles. The quantitative estimate of drug-likeness (QED) is 0.801. The Labute approximate surface area is 137 Å². The second-order valence-electron chi connectivity index (χ2n) is 5.74. The van der Waals surface area contributed by atoms with Crippen LogP contribution in [0.3, 0.4) is 0 Å². The molecule has 0 unspecified atom stereocenters. The first-order valence-electron chi connectivity index (χ1n) is 8.07. The van der Waals surface area contributed by atoms with Gasteiger partial charge in [0.25, 0.3) is 0 Å². The summed E-state index contributed by atoms with van der Waals surface area (Å²) >= 11 is 0. The van der Waals surface area contributed by atoms with E-state index < -0.39 is 0 Å². The van der Waals surface area contributed by atoms with Gasteiger partial charge in [-0.2, -0.15) is 0 Å². The molecule has 0 radical (unpaired) electrons. The summed E-state index contributed by atoms with van der Waals surface area (Å²) in [6, 6.07) is 7.56. The Balaban J connectivity index is 1.77. The Kier molecular flexibility index (Phi) is 6.26. The number of carbonyl (C=O) groups excluding carboxylic acids is 2. The minimum absolute atomic E-state index is 0.0966. The minimum Gasteiger partial charge on any atom is -0.497 e. The highest BCUT2D eigenvalue weighted by molar-refractivity contribution is 5.81. The molecule has 0 bridgehead atoms. The second kappa shape index (κ2) is 8.41. The van der Waals surface area contributed by atoms with E-state index in [2.05, 4.69) is 10.6 Å². The van der Waals surface area contributed by atoms with Crippen molar-refractivity contribution in [3.63, 3.8) is 0 Å². The molecule has 1 aromatic rings. The van der Waals surface area contributed by atoms with Gasteiger partial charge in [-0.05, 0) is 30.5 Å². The predicted molar refractivity (Wildman–Crippen MR) is 88.5 cm³/mol. The maximum absolute atomic E-state index is 12.0. The molecule has 6 nitrogen and oxygen atoms in total. The van der Waals surface area contributed by atoms with Crippen molar-refractivity contribution in [2.24, 2.45) is 0 Å². The minimum atomic E-state index is -0.193. The zero-order chi connectivity index (χ0) is 16.7. The molecular weight excluding hydrogens is 294 g/mol. The van der Waals surface area contributed by atoms with Crippen LogP contribution in [0.1, 0.15) is 25.3 Å². The fourth-order valence-electron chi connectivity index (χ4n) is 2.62. The van der Waals surface area contributed by atoms with Crippen LogP contribution in [-0.4, -0.2) is 49.6 Å². The van der Waals surface area contributed by atoms with Crippen molar-refractivity contribution in [3.8, 4) is 5.75 Å². The van der Waals surface area contributed by atoms with Crippen LogP contribution >= 0.6 is 0 Å². The molecule has 2 N–H and O–H groups in total. The molecule has 0 saturated carbocycles. The second-order valence-corrected chi connectivity index (χ2v) is 5.74. The molecule has 1 aliphatic rings. The zero-order valence-corrected chi connectivity index (χ0v) is 13.8. The summed E-state index contributed by atoms with van der Waals surface area (Å²) in [5, 5.41) is 5.62. The smallest absolute Gasteiger partial charge is 0.315 e. The van der Waals surface area contributed by atoms with E-state index in [0.717, 1.165) is 24.2 Å². The third-order valence-electron chi connectivity index (χ3n) is 3.91. The van der Waals surface area contributed by atoms with Crippen LogP contribution in [0.15, 0.2) is 24.3 Å². The SMILES string of the molecule is CCCNC(=O)N[C@H]1CC(=O)N(CCc2ccc(OC)cc2)C1. The highest BCUT2D eigenvalue weighted by atomic mass is 16.5. The van der Waals surface area contributed by atoms with E-state index >= 15 is 0 Å². The molecule has 1 heterocycles. The van der Waals surface area contributed by atoms with Crippen LogP contribution in [0.2, 0.25) is 0 Å². The maximum Gasteiger partial charge on any atom is 0.315 e. The fraction of sp³-hybridized carbons (Fsp3) is 0.529. The third-order valence-corrected chi connectivity index (χ3v) is 3.91. The largest absolute Gasteiger partial charge is 0.497 e. The van der Waals surface area contributed by atoms with Crippen LogP contribution in [0.25, 0.3) is 0 Å². The lowest BCUT2D eigenvalue weighted by Gasteiger charge is -2.17. The first kappa shape index (κ1) is 17.1. The van der Waals surface area contributed by atoms with E-state index in [1.165, 1.54) is 0 Å². The van der Waals surface area contributed by atoms with Crippen LogP contribution in [0.4, 0.5) is 4.79 Å². The lowest BCUT2D eigenvalue weighted by Crippen LogP contribution is -2.43. The van der Waals surface area contributed by atoms with Gasteiger partial charge < -0.3 is 20.3 Å². The normalized spacial score (nSPS) is 17.2. The van der Waals surface area contributed by atoms with Gasteiger partial charge in [0.2, 0.25) is 5.91 Å².